The van der Waals surface area contributed by atoms with E-state index in [9.17, 15) is 4.79 Å². The van der Waals surface area contributed by atoms with Crippen LogP contribution in [0.25, 0.3) is 0 Å². The van der Waals surface area contributed by atoms with Crippen LogP contribution in [0.15, 0.2) is 12.3 Å². The predicted molar refractivity (Wildman–Crippen MR) is 45.0 cm³/mol. The summed E-state index contributed by atoms with van der Waals surface area (Å²) in [4.78, 5) is 10.9. The Morgan fingerprint density at radius 3 is 2.64 bits per heavy atom. The number of hydrogen-bond donors (Lipinski definition) is 0. The molecule has 0 N–H and O–H groups in total. The van der Waals surface area contributed by atoms with Gasteiger partial charge in [0.25, 0.3) is 0 Å². The lowest BCUT2D eigenvalue weighted by molar-refractivity contribution is -0.138. The molecule has 0 aromatic heterocycles. The van der Waals surface area contributed by atoms with Gasteiger partial charge >= 0.3 is 5.97 Å². The summed E-state index contributed by atoms with van der Waals surface area (Å²) in [6.45, 7) is 5.97. The number of ether oxygens (including phenoxy) is 1. The SMILES string of the molecule is CC/C=C\OC(=O)CC(C)C. The Kier molecular flexibility index (Phi) is 5.53. The number of hydrogen-bond acceptors (Lipinski definition) is 2. The van der Waals surface area contributed by atoms with Gasteiger partial charge in [-0.15, -0.1) is 0 Å². The van der Waals surface area contributed by atoms with Crippen LogP contribution in [-0.2, 0) is 9.53 Å². The topological polar surface area (TPSA) is 26.3 Å². The van der Waals surface area contributed by atoms with Crippen molar-refractivity contribution in [1.29, 1.82) is 0 Å². The second kappa shape index (κ2) is 5.96. The summed E-state index contributed by atoms with van der Waals surface area (Å²) < 4.78 is 4.77. The van der Waals surface area contributed by atoms with Crippen LogP contribution in [0.1, 0.15) is 33.6 Å². The molecule has 0 amide bonds. The highest BCUT2D eigenvalue weighted by Gasteiger charge is 2.03. The molecule has 0 saturated heterocycles. The molecule has 0 aliphatic rings. The van der Waals surface area contributed by atoms with E-state index >= 15 is 0 Å². The van der Waals surface area contributed by atoms with E-state index in [4.69, 9.17) is 4.74 Å². The molecule has 2 nitrogen and oxygen atoms in total. The summed E-state index contributed by atoms with van der Waals surface area (Å²) in [5.41, 5.74) is 0. The molecule has 0 spiro atoms. The molecule has 2 heteroatoms. The molecule has 0 heterocycles. The van der Waals surface area contributed by atoms with E-state index in [1.54, 1.807) is 0 Å². The Morgan fingerprint density at radius 1 is 1.55 bits per heavy atom. The minimum atomic E-state index is -0.148. The third-order valence-electron chi connectivity index (χ3n) is 1.11. The predicted octanol–water partition coefficient (Wildman–Crippen LogP) is 2.50. The Bertz CT molecular complexity index is 136. The highest BCUT2D eigenvalue weighted by Crippen LogP contribution is 2.00. The second-order valence-corrected chi connectivity index (χ2v) is 2.87. The number of rotatable bonds is 4. The molecule has 0 rings (SSSR count). The summed E-state index contributed by atoms with van der Waals surface area (Å²) in [6, 6.07) is 0. The molecule has 0 atom stereocenters. The molecule has 64 valence electrons. The van der Waals surface area contributed by atoms with Crippen LogP contribution < -0.4 is 0 Å². The van der Waals surface area contributed by atoms with E-state index in [-0.39, 0.29) is 5.97 Å². The lowest BCUT2D eigenvalue weighted by atomic mass is 10.1. The summed E-state index contributed by atoms with van der Waals surface area (Å²) in [7, 11) is 0. The minimum Gasteiger partial charge on any atom is -0.435 e. The van der Waals surface area contributed by atoms with Gasteiger partial charge in [-0.2, -0.15) is 0 Å². The fourth-order valence-electron chi connectivity index (χ4n) is 0.602. The Balaban J connectivity index is 3.45. The first-order chi connectivity index (χ1) is 5.16. The molecule has 0 radical (unpaired) electrons. The highest BCUT2D eigenvalue weighted by atomic mass is 16.5. The van der Waals surface area contributed by atoms with Crippen molar-refractivity contribution < 1.29 is 9.53 Å². The van der Waals surface area contributed by atoms with Crippen molar-refractivity contribution in [3.63, 3.8) is 0 Å². The molecule has 0 unspecified atom stereocenters. The molecule has 0 aromatic rings. The van der Waals surface area contributed by atoms with Gasteiger partial charge in [-0.25, -0.2) is 0 Å². The van der Waals surface area contributed by atoms with Crippen LogP contribution in [0.3, 0.4) is 0 Å². The van der Waals surface area contributed by atoms with Gasteiger partial charge in [0.05, 0.1) is 6.26 Å². The number of allylic oxidation sites excluding steroid dienone is 1. The van der Waals surface area contributed by atoms with Gasteiger partial charge in [0.2, 0.25) is 0 Å². The maximum absolute atomic E-state index is 10.9. The second-order valence-electron chi connectivity index (χ2n) is 2.87. The van der Waals surface area contributed by atoms with Crippen LogP contribution in [0, 0.1) is 5.92 Å². The normalized spacial score (nSPS) is 10.9. The lowest BCUT2D eigenvalue weighted by Crippen LogP contribution is -2.03. The third kappa shape index (κ3) is 7.10. The van der Waals surface area contributed by atoms with Crippen molar-refractivity contribution in [2.45, 2.75) is 33.6 Å². The molecule has 0 aliphatic carbocycles. The van der Waals surface area contributed by atoms with E-state index in [2.05, 4.69) is 0 Å². The van der Waals surface area contributed by atoms with Crippen LogP contribution in [-0.4, -0.2) is 5.97 Å². The third-order valence-corrected chi connectivity index (χ3v) is 1.11. The quantitative estimate of drug-likeness (QED) is 0.461. The monoisotopic (exact) mass is 156 g/mol. The fraction of sp³-hybridized carbons (Fsp3) is 0.667. The van der Waals surface area contributed by atoms with E-state index in [1.807, 2.05) is 26.8 Å². The molecule has 0 aliphatic heterocycles. The molecule has 11 heavy (non-hydrogen) atoms. The van der Waals surface area contributed by atoms with Crippen molar-refractivity contribution in [2.75, 3.05) is 0 Å². The van der Waals surface area contributed by atoms with E-state index in [0.29, 0.717) is 12.3 Å². The summed E-state index contributed by atoms with van der Waals surface area (Å²) in [5, 5.41) is 0. The van der Waals surface area contributed by atoms with Crippen molar-refractivity contribution in [3.05, 3.63) is 12.3 Å². The van der Waals surface area contributed by atoms with Crippen LogP contribution in [0.5, 0.6) is 0 Å². The Hall–Kier alpha value is -0.790. The summed E-state index contributed by atoms with van der Waals surface area (Å²) in [5.74, 6) is 0.224. The first-order valence-corrected chi connectivity index (χ1v) is 4.01. The van der Waals surface area contributed by atoms with Gasteiger partial charge in [0.1, 0.15) is 0 Å². The maximum atomic E-state index is 10.9. The molecule has 0 fully saturated rings. The average molecular weight is 156 g/mol. The summed E-state index contributed by atoms with van der Waals surface area (Å²) >= 11 is 0. The van der Waals surface area contributed by atoms with Crippen LogP contribution >= 0.6 is 0 Å². The molecule has 0 saturated carbocycles. The molecule has 0 aromatic carbocycles. The van der Waals surface area contributed by atoms with Gasteiger partial charge in [-0.3, -0.25) is 4.79 Å². The van der Waals surface area contributed by atoms with Crippen molar-refractivity contribution in [2.24, 2.45) is 5.92 Å². The van der Waals surface area contributed by atoms with Crippen molar-refractivity contribution >= 4 is 5.97 Å². The molecule has 0 bridgehead atoms. The Morgan fingerprint density at radius 2 is 2.18 bits per heavy atom. The van der Waals surface area contributed by atoms with Gasteiger partial charge in [0, 0.05) is 6.42 Å². The van der Waals surface area contributed by atoms with Crippen LogP contribution in [0.4, 0.5) is 0 Å². The van der Waals surface area contributed by atoms with Crippen LogP contribution in [0.2, 0.25) is 0 Å². The average Bonchev–Trinajstić information content (AvgIpc) is 1.86. The zero-order valence-corrected chi connectivity index (χ0v) is 7.46. The number of carbonyl (C=O) groups is 1. The van der Waals surface area contributed by atoms with Gasteiger partial charge in [0.15, 0.2) is 0 Å². The van der Waals surface area contributed by atoms with E-state index in [0.717, 1.165) is 6.42 Å². The molecular weight excluding hydrogens is 140 g/mol. The van der Waals surface area contributed by atoms with E-state index < -0.39 is 0 Å². The smallest absolute Gasteiger partial charge is 0.310 e. The lowest BCUT2D eigenvalue weighted by Gasteiger charge is -2.00. The summed E-state index contributed by atoms with van der Waals surface area (Å²) in [6.07, 6.45) is 4.67. The van der Waals surface area contributed by atoms with Crippen molar-refractivity contribution in [3.8, 4) is 0 Å². The first kappa shape index (κ1) is 10.2. The zero-order valence-electron chi connectivity index (χ0n) is 7.46. The number of carbonyl (C=O) groups excluding carboxylic acids is 1. The number of esters is 1. The standard InChI is InChI=1S/C9H16O2/c1-4-5-6-11-9(10)7-8(2)3/h5-6,8H,4,7H2,1-3H3/b6-5-. The first-order valence-electron chi connectivity index (χ1n) is 4.01. The zero-order chi connectivity index (χ0) is 8.69. The van der Waals surface area contributed by atoms with Gasteiger partial charge in [-0.05, 0) is 18.4 Å². The minimum absolute atomic E-state index is 0.148. The van der Waals surface area contributed by atoms with Crippen molar-refractivity contribution in [1.82, 2.24) is 0 Å². The van der Waals surface area contributed by atoms with E-state index in [1.165, 1.54) is 6.26 Å². The Labute approximate surface area is 68.2 Å². The van der Waals surface area contributed by atoms with Gasteiger partial charge in [-0.1, -0.05) is 20.8 Å². The van der Waals surface area contributed by atoms with Gasteiger partial charge < -0.3 is 4.74 Å². The largest absolute Gasteiger partial charge is 0.435 e. The fourth-order valence-corrected chi connectivity index (χ4v) is 0.602. The molecular formula is C9H16O2. The highest BCUT2D eigenvalue weighted by molar-refractivity contribution is 5.70. The maximum Gasteiger partial charge on any atom is 0.310 e.